The summed E-state index contributed by atoms with van der Waals surface area (Å²) in [6, 6.07) is 0. The van der Waals surface area contributed by atoms with Gasteiger partial charge in [-0.3, -0.25) is 9.59 Å². The van der Waals surface area contributed by atoms with Crippen LogP contribution in [-0.2, 0) is 19.4 Å². The molecule has 1 aliphatic carbocycles. The second-order valence-corrected chi connectivity index (χ2v) is 7.78. The zero-order valence-corrected chi connectivity index (χ0v) is 12.3. The molecule has 1 rings (SSSR count). The second kappa shape index (κ2) is 5.90. The van der Waals surface area contributed by atoms with Crippen LogP contribution < -0.4 is 0 Å². The van der Waals surface area contributed by atoms with E-state index in [0.717, 1.165) is 6.26 Å². The zero-order valence-electron chi connectivity index (χ0n) is 11.5. The first-order valence-corrected chi connectivity index (χ1v) is 8.33. The maximum absolute atomic E-state index is 12.2. The lowest BCUT2D eigenvalue weighted by atomic mass is 9.95. The van der Waals surface area contributed by atoms with Gasteiger partial charge < -0.3 is 10.0 Å². The van der Waals surface area contributed by atoms with E-state index in [4.69, 9.17) is 5.11 Å². The first-order valence-electron chi connectivity index (χ1n) is 6.27. The molecule has 0 aromatic heterocycles. The summed E-state index contributed by atoms with van der Waals surface area (Å²) in [5, 5.41) is 9.12. The molecule has 6 nitrogen and oxygen atoms in total. The molecule has 1 N–H and O–H groups in total. The van der Waals surface area contributed by atoms with Gasteiger partial charge in [0, 0.05) is 19.8 Å². The van der Waals surface area contributed by atoms with Gasteiger partial charge in [0.15, 0.2) is 0 Å². The third kappa shape index (κ3) is 4.49. The number of carboxylic acid groups (broad SMARTS) is 1. The van der Waals surface area contributed by atoms with Gasteiger partial charge in [-0.05, 0) is 18.8 Å². The van der Waals surface area contributed by atoms with E-state index in [2.05, 4.69) is 0 Å². The molecule has 3 atom stereocenters. The summed E-state index contributed by atoms with van der Waals surface area (Å²) in [5.74, 6) is -2.28. The van der Waals surface area contributed by atoms with Gasteiger partial charge in [-0.1, -0.05) is 6.92 Å². The van der Waals surface area contributed by atoms with Crippen molar-refractivity contribution in [3.63, 3.8) is 0 Å². The highest BCUT2D eigenvalue weighted by molar-refractivity contribution is 7.90. The third-order valence-corrected chi connectivity index (χ3v) is 4.53. The Balaban J connectivity index is 2.68. The molecule has 0 aliphatic heterocycles. The summed E-state index contributed by atoms with van der Waals surface area (Å²) in [4.78, 5) is 24.7. The number of carbonyl (C=O) groups excluding carboxylic acids is 1. The normalized spacial score (nSPS) is 27.2. The van der Waals surface area contributed by atoms with Crippen LogP contribution in [0.5, 0.6) is 0 Å². The van der Waals surface area contributed by atoms with Crippen LogP contribution in [0.2, 0.25) is 0 Å². The summed E-state index contributed by atoms with van der Waals surface area (Å²) in [5.41, 5.74) is 0. The number of carbonyl (C=O) groups is 2. The van der Waals surface area contributed by atoms with Crippen molar-refractivity contribution >= 4 is 21.7 Å². The van der Waals surface area contributed by atoms with E-state index < -0.39 is 27.6 Å². The number of sulfone groups is 1. The minimum absolute atomic E-state index is 0.102. The Bertz CT molecular complexity index is 459. The number of rotatable bonds is 5. The molecule has 0 radical (unpaired) electrons. The Morgan fingerprint density at radius 2 is 1.79 bits per heavy atom. The molecule has 1 aliphatic rings. The van der Waals surface area contributed by atoms with Crippen LogP contribution in [0.15, 0.2) is 0 Å². The molecule has 110 valence electrons. The van der Waals surface area contributed by atoms with Crippen LogP contribution in [-0.4, -0.2) is 55.9 Å². The molecule has 0 bridgehead atoms. The fourth-order valence-corrected chi connectivity index (χ4v) is 3.14. The van der Waals surface area contributed by atoms with E-state index in [1.165, 1.54) is 11.9 Å². The number of nitrogens with zero attached hydrogens (tertiary/aromatic N) is 1. The maximum Gasteiger partial charge on any atom is 0.307 e. The quantitative estimate of drug-likeness (QED) is 0.783. The minimum Gasteiger partial charge on any atom is -0.481 e. The molecule has 0 spiro atoms. The lowest BCUT2D eigenvalue weighted by Gasteiger charge is -2.23. The first kappa shape index (κ1) is 15.9. The highest BCUT2D eigenvalue weighted by Crippen LogP contribution is 2.37. The van der Waals surface area contributed by atoms with Crippen LogP contribution in [0.1, 0.15) is 19.8 Å². The summed E-state index contributed by atoms with van der Waals surface area (Å²) < 4.78 is 22.1. The van der Waals surface area contributed by atoms with Crippen molar-refractivity contribution < 1.29 is 23.1 Å². The maximum atomic E-state index is 12.2. The van der Waals surface area contributed by atoms with Crippen LogP contribution >= 0.6 is 0 Å². The van der Waals surface area contributed by atoms with E-state index in [1.807, 2.05) is 6.92 Å². The SMILES string of the molecule is CC1C[C@H](C(=O)N(C)CCS(C)(=O)=O)[C@H](C(=O)O)C1. The predicted molar refractivity (Wildman–Crippen MR) is 70.4 cm³/mol. The first-order chi connectivity index (χ1) is 8.61. The number of amides is 1. The van der Waals surface area contributed by atoms with Gasteiger partial charge in [0.1, 0.15) is 9.84 Å². The van der Waals surface area contributed by atoms with Crippen molar-refractivity contribution in [2.45, 2.75) is 19.8 Å². The third-order valence-electron chi connectivity index (χ3n) is 3.61. The summed E-state index contributed by atoms with van der Waals surface area (Å²) in [6.07, 6.45) is 2.17. The van der Waals surface area contributed by atoms with Crippen molar-refractivity contribution in [1.29, 1.82) is 0 Å². The fraction of sp³-hybridized carbons (Fsp3) is 0.833. The molecule has 7 heteroatoms. The highest BCUT2D eigenvalue weighted by atomic mass is 32.2. The molecule has 1 fully saturated rings. The lowest BCUT2D eigenvalue weighted by molar-refractivity contribution is -0.148. The average Bonchev–Trinajstić information content (AvgIpc) is 2.66. The average molecular weight is 291 g/mol. The zero-order chi connectivity index (χ0) is 14.8. The number of carboxylic acids is 1. The smallest absolute Gasteiger partial charge is 0.307 e. The molecule has 1 amide bonds. The van der Waals surface area contributed by atoms with Gasteiger partial charge in [-0.15, -0.1) is 0 Å². The van der Waals surface area contributed by atoms with Gasteiger partial charge >= 0.3 is 5.97 Å². The van der Waals surface area contributed by atoms with Crippen LogP contribution in [0.3, 0.4) is 0 Å². The van der Waals surface area contributed by atoms with E-state index >= 15 is 0 Å². The van der Waals surface area contributed by atoms with Crippen molar-refractivity contribution in [2.75, 3.05) is 25.6 Å². The van der Waals surface area contributed by atoms with Crippen molar-refractivity contribution in [2.24, 2.45) is 17.8 Å². The van der Waals surface area contributed by atoms with Gasteiger partial charge in [-0.2, -0.15) is 0 Å². The van der Waals surface area contributed by atoms with E-state index in [1.54, 1.807) is 0 Å². The van der Waals surface area contributed by atoms with Crippen LogP contribution in [0.25, 0.3) is 0 Å². The van der Waals surface area contributed by atoms with Gasteiger partial charge in [0.2, 0.25) is 5.91 Å². The Hall–Kier alpha value is -1.11. The molecule has 0 heterocycles. The van der Waals surface area contributed by atoms with E-state index in [0.29, 0.717) is 12.8 Å². The van der Waals surface area contributed by atoms with Crippen LogP contribution in [0.4, 0.5) is 0 Å². The lowest BCUT2D eigenvalue weighted by Crippen LogP contribution is -2.39. The number of aliphatic carboxylic acids is 1. The summed E-state index contributed by atoms with van der Waals surface area (Å²) in [7, 11) is -1.60. The molecular formula is C12H21NO5S. The van der Waals surface area contributed by atoms with Gasteiger partial charge in [-0.25, -0.2) is 8.42 Å². The molecule has 19 heavy (non-hydrogen) atoms. The van der Waals surface area contributed by atoms with Crippen molar-refractivity contribution in [3.8, 4) is 0 Å². The Morgan fingerprint density at radius 1 is 1.26 bits per heavy atom. The summed E-state index contributed by atoms with van der Waals surface area (Å²) in [6.45, 7) is 2.04. The molecule has 0 saturated heterocycles. The van der Waals surface area contributed by atoms with Crippen LogP contribution in [0, 0.1) is 17.8 Å². The number of hydrogen-bond acceptors (Lipinski definition) is 4. The molecular weight excluding hydrogens is 270 g/mol. The largest absolute Gasteiger partial charge is 0.481 e. The standard InChI is InChI=1S/C12H21NO5S/c1-8-6-9(10(7-8)12(15)16)11(14)13(2)4-5-19(3,17)18/h8-10H,4-7H2,1-3H3,(H,15,16)/t8?,9-,10+/m0/s1. The Labute approximate surface area is 113 Å². The van der Waals surface area contributed by atoms with Gasteiger partial charge in [0.05, 0.1) is 17.6 Å². The molecule has 1 saturated carbocycles. The molecule has 0 aromatic carbocycles. The topological polar surface area (TPSA) is 91.8 Å². The monoisotopic (exact) mass is 291 g/mol. The second-order valence-electron chi connectivity index (χ2n) is 5.52. The van der Waals surface area contributed by atoms with E-state index in [-0.39, 0.29) is 24.1 Å². The van der Waals surface area contributed by atoms with Gasteiger partial charge in [0.25, 0.3) is 0 Å². The van der Waals surface area contributed by atoms with E-state index in [9.17, 15) is 18.0 Å². The molecule has 1 unspecified atom stereocenters. The minimum atomic E-state index is -3.13. The van der Waals surface area contributed by atoms with Crippen molar-refractivity contribution in [3.05, 3.63) is 0 Å². The predicted octanol–water partition coefficient (Wildman–Crippen LogP) is 0.236. The fourth-order valence-electron chi connectivity index (χ4n) is 2.53. The highest BCUT2D eigenvalue weighted by Gasteiger charge is 2.42. The van der Waals surface area contributed by atoms with Crippen molar-refractivity contribution in [1.82, 2.24) is 4.90 Å². The Morgan fingerprint density at radius 3 is 2.26 bits per heavy atom. The number of hydrogen-bond donors (Lipinski definition) is 1. The Kier molecular flexibility index (Phi) is 4.95. The molecule has 0 aromatic rings. The summed E-state index contributed by atoms with van der Waals surface area (Å²) >= 11 is 0.